The summed E-state index contributed by atoms with van der Waals surface area (Å²) < 4.78 is 11.0. The van der Waals surface area contributed by atoms with E-state index in [1.807, 2.05) is 54.6 Å². The second kappa shape index (κ2) is 8.60. The fraction of sp³-hybridized carbons (Fsp3) is 0.136. The van der Waals surface area contributed by atoms with Gasteiger partial charge in [0.25, 0.3) is 5.91 Å². The summed E-state index contributed by atoms with van der Waals surface area (Å²) in [4.78, 5) is 12.4. The topological polar surface area (TPSA) is 47.6 Å². The van der Waals surface area contributed by atoms with E-state index in [9.17, 15) is 4.79 Å². The molecule has 1 amide bonds. The van der Waals surface area contributed by atoms with Gasteiger partial charge in [0.2, 0.25) is 0 Å². The molecule has 27 heavy (non-hydrogen) atoms. The third kappa shape index (κ3) is 4.80. The van der Waals surface area contributed by atoms with Crippen molar-refractivity contribution >= 4 is 23.2 Å². The van der Waals surface area contributed by atoms with Gasteiger partial charge < -0.3 is 14.8 Å². The first-order valence-electron chi connectivity index (χ1n) is 8.53. The first-order valence-corrected chi connectivity index (χ1v) is 8.91. The lowest BCUT2D eigenvalue weighted by molar-refractivity contribution is -0.122. The molecule has 0 aliphatic rings. The van der Waals surface area contributed by atoms with Crippen LogP contribution in [0.1, 0.15) is 6.92 Å². The molecule has 5 heteroatoms. The van der Waals surface area contributed by atoms with Crippen molar-refractivity contribution in [2.45, 2.75) is 13.0 Å². The molecule has 1 atom stereocenters. The van der Waals surface area contributed by atoms with Gasteiger partial charge in [0.15, 0.2) is 6.10 Å². The van der Waals surface area contributed by atoms with Gasteiger partial charge in [0, 0.05) is 5.02 Å². The third-order valence-electron chi connectivity index (χ3n) is 4.06. The zero-order valence-electron chi connectivity index (χ0n) is 15.1. The van der Waals surface area contributed by atoms with E-state index < -0.39 is 6.10 Å². The zero-order valence-corrected chi connectivity index (χ0v) is 15.9. The van der Waals surface area contributed by atoms with Gasteiger partial charge in [0.05, 0.1) is 12.8 Å². The molecule has 0 bridgehead atoms. The minimum absolute atomic E-state index is 0.289. The fourth-order valence-corrected chi connectivity index (χ4v) is 2.80. The van der Waals surface area contributed by atoms with Crippen LogP contribution in [0, 0.1) is 0 Å². The average molecular weight is 382 g/mol. The van der Waals surface area contributed by atoms with Gasteiger partial charge in [-0.25, -0.2) is 0 Å². The van der Waals surface area contributed by atoms with E-state index >= 15 is 0 Å². The molecule has 0 unspecified atom stereocenters. The number of rotatable bonds is 6. The van der Waals surface area contributed by atoms with Crippen molar-refractivity contribution in [3.63, 3.8) is 0 Å². The molecule has 3 rings (SSSR count). The van der Waals surface area contributed by atoms with Gasteiger partial charge in [-0.15, -0.1) is 0 Å². The molecule has 0 radical (unpaired) electrons. The molecule has 3 aromatic carbocycles. The molecule has 0 aliphatic heterocycles. The van der Waals surface area contributed by atoms with Gasteiger partial charge in [-0.05, 0) is 48.4 Å². The van der Waals surface area contributed by atoms with Crippen LogP contribution in [-0.4, -0.2) is 19.1 Å². The highest BCUT2D eigenvalue weighted by molar-refractivity contribution is 6.31. The van der Waals surface area contributed by atoms with Crippen molar-refractivity contribution in [2.24, 2.45) is 0 Å². The molecular formula is C22H20ClNO3. The number of methoxy groups -OCH3 is 1. The Morgan fingerprint density at radius 1 is 0.963 bits per heavy atom. The van der Waals surface area contributed by atoms with Crippen LogP contribution in [-0.2, 0) is 4.79 Å². The number of nitrogens with one attached hydrogen (secondary N) is 1. The van der Waals surface area contributed by atoms with Crippen molar-refractivity contribution in [2.75, 3.05) is 12.4 Å². The molecule has 138 valence electrons. The third-order valence-corrected chi connectivity index (χ3v) is 4.30. The van der Waals surface area contributed by atoms with Gasteiger partial charge in [-0.1, -0.05) is 54.1 Å². The first-order chi connectivity index (χ1) is 13.1. The quantitative estimate of drug-likeness (QED) is 0.620. The van der Waals surface area contributed by atoms with Crippen molar-refractivity contribution in [1.29, 1.82) is 0 Å². The second-order valence-corrected chi connectivity index (χ2v) is 6.42. The minimum Gasteiger partial charge on any atom is -0.495 e. The number of carbonyl (C=O) groups excluding carboxylic acids is 1. The number of hydrogen-bond acceptors (Lipinski definition) is 3. The van der Waals surface area contributed by atoms with Crippen LogP contribution in [0.2, 0.25) is 5.02 Å². The molecule has 0 aliphatic carbocycles. The maximum absolute atomic E-state index is 12.4. The first kappa shape index (κ1) is 18.8. The van der Waals surface area contributed by atoms with E-state index in [0.29, 0.717) is 22.2 Å². The Labute approximate surface area is 163 Å². The molecule has 1 N–H and O–H groups in total. The Kier molecular flexibility index (Phi) is 5.99. The van der Waals surface area contributed by atoms with Crippen LogP contribution in [0.5, 0.6) is 11.5 Å². The fourth-order valence-electron chi connectivity index (χ4n) is 2.63. The summed E-state index contributed by atoms with van der Waals surface area (Å²) >= 11 is 5.99. The van der Waals surface area contributed by atoms with E-state index in [1.54, 1.807) is 25.1 Å². The summed E-state index contributed by atoms with van der Waals surface area (Å²) in [6.07, 6.45) is -0.684. The summed E-state index contributed by atoms with van der Waals surface area (Å²) in [5, 5.41) is 3.30. The Morgan fingerprint density at radius 2 is 1.63 bits per heavy atom. The van der Waals surface area contributed by atoms with Gasteiger partial charge in [-0.3, -0.25) is 4.79 Å². The summed E-state index contributed by atoms with van der Waals surface area (Å²) in [6.45, 7) is 1.69. The molecule has 0 spiro atoms. The van der Waals surface area contributed by atoms with Crippen LogP contribution in [0.3, 0.4) is 0 Å². The van der Waals surface area contributed by atoms with Crippen LogP contribution >= 0.6 is 11.6 Å². The molecule has 4 nitrogen and oxygen atoms in total. The molecule has 3 aromatic rings. The molecular weight excluding hydrogens is 362 g/mol. The largest absolute Gasteiger partial charge is 0.495 e. The number of amides is 1. The minimum atomic E-state index is -0.684. The highest BCUT2D eigenvalue weighted by Crippen LogP contribution is 2.28. The SMILES string of the molecule is COc1ccc(Cl)cc1NC(=O)[C@@H](C)Oc1ccc(-c2ccccc2)cc1. The molecule has 0 saturated heterocycles. The monoisotopic (exact) mass is 381 g/mol. The summed E-state index contributed by atoms with van der Waals surface area (Å²) in [5.41, 5.74) is 2.72. The lowest BCUT2D eigenvalue weighted by Crippen LogP contribution is -2.30. The average Bonchev–Trinajstić information content (AvgIpc) is 2.69. The summed E-state index contributed by atoms with van der Waals surface area (Å²) in [5.74, 6) is 0.866. The van der Waals surface area contributed by atoms with Crippen molar-refractivity contribution in [1.82, 2.24) is 0 Å². The van der Waals surface area contributed by atoms with Gasteiger partial charge in [-0.2, -0.15) is 0 Å². The van der Waals surface area contributed by atoms with Gasteiger partial charge in [0.1, 0.15) is 11.5 Å². The Hall–Kier alpha value is -2.98. The lowest BCUT2D eigenvalue weighted by Gasteiger charge is -2.16. The Morgan fingerprint density at radius 3 is 2.30 bits per heavy atom. The number of ether oxygens (including phenoxy) is 2. The standard InChI is InChI=1S/C22H20ClNO3/c1-15(22(25)24-20-14-18(23)10-13-21(20)26-2)27-19-11-8-17(9-12-19)16-6-4-3-5-7-16/h3-15H,1-2H3,(H,24,25)/t15-/m1/s1. The predicted octanol–water partition coefficient (Wildman–Crippen LogP) is 5.42. The number of carbonyl (C=O) groups is 1. The molecule has 0 saturated carbocycles. The van der Waals surface area contributed by atoms with Crippen LogP contribution in [0.4, 0.5) is 5.69 Å². The second-order valence-electron chi connectivity index (χ2n) is 5.98. The normalized spacial score (nSPS) is 11.5. The maximum Gasteiger partial charge on any atom is 0.265 e. The van der Waals surface area contributed by atoms with Crippen molar-refractivity contribution < 1.29 is 14.3 Å². The van der Waals surface area contributed by atoms with E-state index in [1.165, 1.54) is 7.11 Å². The van der Waals surface area contributed by atoms with E-state index in [2.05, 4.69) is 5.32 Å². The molecule has 0 aromatic heterocycles. The number of anilines is 1. The molecule has 0 fully saturated rings. The van der Waals surface area contributed by atoms with Crippen LogP contribution in [0.15, 0.2) is 72.8 Å². The molecule has 0 heterocycles. The van der Waals surface area contributed by atoms with Gasteiger partial charge >= 0.3 is 0 Å². The van der Waals surface area contributed by atoms with Crippen LogP contribution in [0.25, 0.3) is 11.1 Å². The number of hydrogen-bond donors (Lipinski definition) is 1. The maximum atomic E-state index is 12.4. The number of halogens is 1. The van der Waals surface area contributed by atoms with Crippen molar-refractivity contribution in [3.8, 4) is 22.6 Å². The van der Waals surface area contributed by atoms with E-state index in [0.717, 1.165) is 11.1 Å². The van der Waals surface area contributed by atoms with Crippen molar-refractivity contribution in [3.05, 3.63) is 77.8 Å². The highest BCUT2D eigenvalue weighted by atomic mass is 35.5. The highest BCUT2D eigenvalue weighted by Gasteiger charge is 2.17. The lowest BCUT2D eigenvalue weighted by atomic mass is 10.1. The smallest absolute Gasteiger partial charge is 0.265 e. The van der Waals surface area contributed by atoms with Crippen LogP contribution < -0.4 is 14.8 Å². The Bertz CT molecular complexity index is 911. The van der Waals surface area contributed by atoms with E-state index in [4.69, 9.17) is 21.1 Å². The predicted molar refractivity (Wildman–Crippen MR) is 109 cm³/mol. The zero-order chi connectivity index (χ0) is 19.2. The Balaban J connectivity index is 1.65. The number of benzene rings is 3. The van der Waals surface area contributed by atoms with E-state index in [-0.39, 0.29) is 5.91 Å². The summed E-state index contributed by atoms with van der Waals surface area (Å²) in [6, 6.07) is 22.7. The summed E-state index contributed by atoms with van der Waals surface area (Å²) in [7, 11) is 1.53.